The number of halogens is 2. The van der Waals surface area contributed by atoms with E-state index in [-0.39, 0.29) is 19.0 Å². The summed E-state index contributed by atoms with van der Waals surface area (Å²) in [6, 6.07) is 17.5. The molecule has 7 nitrogen and oxygen atoms in total. The summed E-state index contributed by atoms with van der Waals surface area (Å²) in [6.45, 7) is 4.40. The number of benzene rings is 3. The largest absolute Gasteiger partial charge is 0.354 e. The standard InChI is InChI=1S/C28H29F2N5O2/c1-19(2)15-16-31-28(37)27(21-9-13-23(30)14-10-21)34(17-20-7-11-22(29)12-8-20)26(36)18-35-25-6-4-3-5-24(25)32-33-35/h3-14,19,27H,15-18H2,1-2H3,(H,31,37). The first kappa shape index (κ1) is 25.9. The minimum atomic E-state index is -1.04. The summed E-state index contributed by atoms with van der Waals surface area (Å²) in [5.74, 6) is -1.26. The van der Waals surface area contributed by atoms with Crippen molar-refractivity contribution in [1.29, 1.82) is 0 Å². The fourth-order valence-electron chi connectivity index (χ4n) is 4.06. The number of rotatable bonds is 10. The number of para-hydroxylation sites is 1. The molecule has 0 radical (unpaired) electrons. The summed E-state index contributed by atoms with van der Waals surface area (Å²) >= 11 is 0. The van der Waals surface area contributed by atoms with Crippen LogP contribution in [0.15, 0.2) is 72.8 Å². The number of nitrogens with one attached hydrogen (secondary N) is 1. The topological polar surface area (TPSA) is 80.1 Å². The highest BCUT2D eigenvalue weighted by Gasteiger charge is 2.32. The third-order valence-electron chi connectivity index (χ3n) is 6.06. The van der Waals surface area contributed by atoms with Gasteiger partial charge in [-0.1, -0.05) is 55.5 Å². The second kappa shape index (κ2) is 11.7. The second-order valence-corrected chi connectivity index (χ2v) is 9.31. The van der Waals surface area contributed by atoms with Crippen molar-refractivity contribution in [1.82, 2.24) is 25.2 Å². The molecule has 1 heterocycles. The highest BCUT2D eigenvalue weighted by atomic mass is 19.1. The first-order valence-corrected chi connectivity index (χ1v) is 12.2. The van der Waals surface area contributed by atoms with Gasteiger partial charge in [0.25, 0.3) is 0 Å². The van der Waals surface area contributed by atoms with Crippen molar-refractivity contribution in [2.45, 2.75) is 39.4 Å². The molecule has 0 fully saturated rings. The lowest BCUT2D eigenvalue weighted by Gasteiger charge is -2.32. The first-order chi connectivity index (χ1) is 17.8. The molecule has 1 atom stereocenters. The zero-order valence-corrected chi connectivity index (χ0v) is 20.8. The zero-order valence-electron chi connectivity index (χ0n) is 20.8. The van der Waals surface area contributed by atoms with Gasteiger partial charge in [0.15, 0.2) is 0 Å². The molecular weight excluding hydrogens is 476 g/mol. The Morgan fingerprint density at radius 1 is 0.946 bits per heavy atom. The van der Waals surface area contributed by atoms with Gasteiger partial charge < -0.3 is 10.2 Å². The van der Waals surface area contributed by atoms with Gasteiger partial charge in [-0.2, -0.15) is 0 Å². The molecule has 0 aliphatic heterocycles. The molecular formula is C28H29F2N5O2. The minimum absolute atomic E-state index is 0.0331. The second-order valence-electron chi connectivity index (χ2n) is 9.31. The lowest BCUT2D eigenvalue weighted by molar-refractivity contribution is -0.142. The summed E-state index contributed by atoms with van der Waals surface area (Å²) in [7, 11) is 0. The normalized spacial score (nSPS) is 12.0. The van der Waals surface area contributed by atoms with Gasteiger partial charge in [0.2, 0.25) is 11.8 Å². The number of amides is 2. The van der Waals surface area contributed by atoms with Crippen LogP contribution in [0.25, 0.3) is 11.0 Å². The third-order valence-corrected chi connectivity index (χ3v) is 6.06. The molecule has 1 aromatic heterocycles. The molecule has 0 saturated carbocycles. The van der Waals surface area contributed by atoms with E-state index in [9.17, 15) is 18.4 Å². The first-order valence-electron chi connectivity index (χ1n) is 12.2. The van der Waals surface area contributed by atoms with Crippen LogP contribution in [-0.2, 0) is 22.7 Å². The molecule has 3 aromatic carbocycles. The van der Waals surface area contributed by atoms with Gasteiger partial charge in [-0.3, -0.25) is 9.59 Å². The Kier molecular flexibility index (Phi) is 8.22. The lowest BCUT2D eigenvalue weighted by atomic mass is 10.0. The molecule has 0 aliphatic carbocycles. The number of fused-ring (bicyclic) bond motifs is 1. The van der Waals surface area contributed by atoms with Crippen LogP contribution in [0.2, 0.25) is 0 Å². The summed E-state index contributed by atoms with van der Waals surface area (Å²) in [5, 5.41) is 11.1. The predicted octanol–water partition coefficient (Wildman–Crippen LogP) is 4.64. The maximum absolute atomic E-state index is 13.8. The van der Waals surface area contributed by atoms with Gasteiger partial charge in [0.1, 0.15) is 29.7 Å². The summed E-state index contributed by atoms with van der Waals surface area (Å²) in [5.41, 5.74) is 2.42. The summed E-state index contributed by atoms with van der Waals surface area (Å²) < 4.78 is 28.8. The Hall–Kier alpha value is -4.14. The Bertz CT molecular complexity index is 1350. The van der Waals surface area contributed by atoms with Crippen molar-refractivity contribution < 1.29 is 18.4 Å². The third kappa shape index (κ3) is 6.55. The van der Waals surface area contributed by atoms with E-state index >= 15 is 0 Å². The van der Waals surface area contributed by atoms with Gasteiger partial charge in [0, 0.05) is 13.1 Å². The van der Waals surface area contributed by atoms with E-state index in [0.717, 1.165) is 6.42 Å². The van der Waals surface area contributed by atoms with Crippen molar-refractivity contribution in [3.05, 3.63) is 95.6 Å². The Balaban J connectivity index is 1.71. The van der Waals surface area contributed by atoms with E-state index < -0.39 is 23.6 Å². The zero-order chi connectivity index (χ0) is 26.4. The van der Waals surface area contributed by atoms with Crippen molar-refractivity contribution in [2.75, 3.05) is 6.54 Å². The maximum Gasteiger partial charge on any atom is 0.247 e. The smallest absolute Gasteiger partial charge is 0.247 e. The average molecular weight is 506 g/mol. The number of aromatic nitrogens is 3. The van der Waals surface area contributed by atoms with Crippen LogP contribution >= 0.6 is 0 Å². The van der Waals surface area contributed by atoms with Gasteiger partial charge in [-0.15, -0.1) is 5.10 Å². The van der Waals surface area contributed by atoms with Crippen molar-refractivity contribution in [3.63, 3.8) is 0 Å². The molecule has 1 N–H and O–H groups in total. The van der Waals surface area contributed by atoms with Crippen LogP contribution in [0.1, 0.15) is 37.4 Å². The van der Waals surface area contributed by atoms with E-state index in [2.05, 4.69) is 29.5 Å². The monoisotopic (exact) mass is 505 g/mol. The molecule has 0 bridgehead atoms. The molecule has 0 aliphatic rings. The van der Waals surface area contributed by atoms with Gasteiger partial charge in [-0.25, -0.2) is 13.5 Å². The Morgan fingerprint density at radius 3 is 2.27 bits per heavy atom. The van der Waals surface area contributed by atoms with E-state index in [1.165, 1.54) is 46.0 Å². The van der Waals surface area contributed by atoms with Gasteiger partial charge >= 0.3 is 0 Å². The molecule has 4 rings (SSSR count). The highest BCUT2D eigenvalue weighted by Crippen LogP contribution is 2.25. The molecule has 4 aromatic rings. The lowest BCUT2D eigenvalue weighted by Crippen LogP contribution is -2.45. The Morgan fingerprint density at radius 2 is 1.59 bits per heavy atom. The van der Waals surface area contributed by atoms with E-state index in [4.69, 9.17) is 0 Å². The van der Waals surface area contributed by atoms with Crippen LogP contribution in [-0.4, -0.2) is 38.3 Å². The van der Waals surface area contributed by atoms with Gasteiger partial charge in [-0.05, 0) is 59.9 Å². The number of carbonyl (C=O) groups is 2. The number of carbonyl (C=O) groups excluding carboxylic acids is 2. The number of hydrogen-bond acceptors (Lipinski definition) is 4. The quantitative estimate of drug-likeness (QED) is 0.341. The molecule has 37 heavy (non-hydrogen) atoms. The van der Waals surface area contributed by atoms with Crippen LogP contribution in [0.4, 0.5) is 8.78 Å². The molecule has 0 spiro atoms. The van der Waals surface area contributed by atoms with Crippen LogP contribution in [0.5, 0.6) is 0 Å². The maximum atomic E-state index is 13.8. The SMILES string of the molecule is CC(C)CCNC(=O)C(c1ccc(F)cc1)N(Cc1ccc(F)cc1)C(=O)Cn1nnc2ccccc21. The fourth-order valence-corrected chi connectivity index (χ4v) is 4.06. The predicted molar refractivity (Wildman–Crippen MR) is 136 cm³/mol. The van der Waals surface area contributed by atoms with E-state index in [1.54, 1.807) is 18.2 Å². The summed E-state index contributed by atoms with van der Waals surface area (Å²) in [4.78, 5) is 28.7. The van der Waals surface area contributed by atoms with E-state index in [1.807, 2.05) is 18.2 Å². The van der Waals surface area contributed by atoms with Crippen molar-refractivity contribution in [2.24, 2.45) is 5.92 Å². The highest BCUT2D eigenvalue weighted by molar-refractivity contribution is 5.89. The average Bonchev–Trinajstić information content (AvgIpc) is 3.28. The minimum Gasteiger partial charge on any atom is -0.354 e. The summed E-state index contributed by atoms with van der Waals surface area (Å²) in [6.07, 6.45) is 0.763. The van der Waals surface area contributed by atoms with Crippen LogP contribution < -0.4 is 5.32 Å². The Labute approximate surface area is 214 Å². The molecule has 2 amide bonds. The molecule has 192 valence electrons. The van der Waals surface area contributed by atoms with Crippen LogP contribution in [0.3, 0.4) is 0 Å². The van der Waals surface area contributed by atoms with Crippen molar-refractivity contribution >= 4 is 22.8 Å². The molecule has 0 saturated heterocycles. The number of nitrogens with zero attached hydrogens (tertiary/aromatic N) is 4. The number of hydrogen-bond donors (Lipinski definition) is 1. The van der Waals surface area contributed by atoms with E-state index in [0.29, 0.717) is 34.6 Å². The van der Waals surface area contributed by atoms with Gasteiger partial charge in [0.05, 0.1) is 5.52 Å². The molecule has 9 heteroatoms. The fraction of sp³-hybridized carbons (Fsp3) is 0.286. The molecule has 1 unspecified atom stereocenters. The van der Waals surface area contributed by atoms with Crippen molar-refractivity contribution in [3.8, 4) is 0 Å². The van der Waals surface area contributed by atoms with Crippen LogP contribution in [0, 0.1) is 17.6 Å².